The van der Waals surface area contributed by atoms with Crippen molar-refractivity contribution in [3.8, 4) is 0 Å². The first-order valence-electron chi connectivity index (χ1n) is 6.47. The lowest BCUT2D eigenvalue weighted by atomic mass is 10.2. The molecule has 1 saturated heterocycles. The first-order chi connectivity index (χ1) is 9.69. The van der Waals surface area contributed by atoms with Crippen molar-refractivity contribution in [2.45, 2.75) is 32.4 Å². The van der Waals surface area contributed by atoms with Crippen LogP contribution in [0.5, 0.6) is 0 Å². The largest absolute Gasteiger partial charge is 0.389 e. The number of amides is 1. The van der Waals surface area contributed by atoms with Gasteiger partial charge in [0, 0.05) is 23.0 Å². The van der Waals surface area contributed by atoms with Gasteiger partial charge in [0.15, 0.2) is 0 Å². The smallest absolute Gasteiger partial charge is 0.273 e. The highest BCUT2D eigenvalue weighted by molar-refractivity contribution is 7.10. The number of hydrogen-bond acceptors (Lipinski definition) is 6. The summed E-state index contributed by atoms with van der Waals surface area (Å²) in [6.45, 7) is 2.59. The molecule has 0 bridgehead atoms. The van der Waals surface area contributed by atoms with Crippen LogP contribution in [0.25, 0.3) is 0 Å². The second-order valence-electron chi connectivity index (χ2n) is 4.77. The number of thiazole rings is 2. The Morgan fingerprint density at radius 1 is 1.45 bits per heavy atom. The molecule has 1 amide bonds. The summed E-state index contributed by atoms with van der Waals surface area (Å²) in [6.07, 6.45) is 1.95. The van der Waals surface area contributed by atoms with Gasteiger partial charge in [-0.15, -0.1) is 22.7 Å². The molecule has 2 aromatic rings. The minimum absolute atomic E-state index is 0.0590. The molecule has 1 aliphatic heterocycles. The van der Waals surface area contributed by atoms with Gasteiger partial charge >= 0.3 is 0 Å². The Kier molecular flexibility index (Phi) is 3.82. The molecular weight excluding hydrogens is 294 g/mol. The molecule has 3 heterocycles. The van der Waals surface area contributed by atoms with E-state index in [4.69, 9.17) is 5.11 Å². The standard InChI is InChI=1S/C13H15N3O2S2/c1-8-6-20-12(14-8)10-3-2-4-16(10)13(18)9-7-19-11(5-17)15-9/h6-7,10,17H,2-5H2,1H3. The van der Waals surface area contributed by atoms with E-state index in [1.807, 2.05) is 17.2 Å². The molecule has 0 radical (unpaired) electrons. The number of carbonyl (C=O) groups excluding carboxylic acids is 1. The summed E-state index contributed by atoms with van der Waals surface area (Å²) in [7, 11) is 0. The van der Waals surface area contributed by atoms with Crippen molar-refractivity contribution in [1.82, 2.24) is 14.9 Å². The monoisotopic (exact) mass is 309 g/mol. The van der Waals surface area contributed by atoms with Gasteiger partial charge in [-0.05, 0) is 19.8 Å². The Labute approximate surface area is 124 Å². The van der Waals surface area contributed by atoms with Gasteiger partial charge in [0.1, 0.15) is 15.7 Å². The Morgan fingerprint density at radius 2 is 2.30 bits per heavy atom. The number of nitrogens with zero attached hydrogens (tertiary/aromatic N) is 3. The van der Waals surface area contributed by atoms with Crippen LogP contribution in [-0.4, -0.2) is 32.4 Å². The SMILES string of the molecule is Cc1csc(C2CCCN2C(=O)c2csc(CO)n2)n1. The fourth-order valence-electron chi connectivity index (χ4n) is 2.42. The topological polar surface area (TPSA) is 66.3 Å². The number of aliphatic hydroxyl groups excluding tert-OH is 1. The summed E-state index contributed by atoms with van der Waals surface area (Å²) >= 11 is 2.93. The molecule has 1 fully saturated rings. The van der Waals surface area contributed by atoms with Gasteiger partial charge in [-0.1, -0.05) is 0 Å². The summed E-state index contributed by atoms with van der Waals surface area (Å²) in [5.74, 6) is -0.0590. The van der Waals surface area contributed by atoms with E-state index in [0.717, 1.165) is 30.1 Å². The van der Waals surface area contributed by atoms with Gasteiger partial charge in [0.05, 0.1) is 12.6 Å². The zero-order valence-corrected chi connectivity index (χ0v) is 12.7. The fourth-order valence-corrected chi connectivity index (χ4v) is 3.99. The lowest BCUT2D eigenvalue weighted by molar-refractivity contribution is 0.0730. The van der Waals surface area contributed by atoms with Crippen molar-refractivity contribution in [2.75, 3.05) is 6.54 Å². The number of aliphatic hydroxyl groups is 1. The summed E-state index contributed by atoms with van der Waals surface area (Å²) in [4.78, 5) is 23.1. The molecule has 20 heavy (non-hydrogen) atoms. The van der Waals surface area contributed by atoms with Crippen molar-refractivity contribution in [2.24, 2.45) is 0 Å². The molecule has 1 N–H and O–H groups in total. The van der Waals surface area contributed by atoms with E-state index >= 15 is 0 Å². The zero-order chi connectivity index (χ0) is 14.1. The molecule has 1 atom stereocenters. The van der Waals surface area contributed by atoms with Gasteiger partial charge in [-0.3, -0.25) is 4.79 Å². The molecule has 0 spiro atoms. The highest BCUT2D eigenvalue weighted by atomic mass is 32.1. The van der Waals surface area contributed by atoms with Crippen LogP contribution in [0.2, 0.25) is 0 Å². The Morgan fingerprint density at radius 3 is 2.95 bits per heavy atom. The summed E-state index contributed by atoms with van der Waals surface area (Å²) in [5.41, 5.74) is 1.43. The second-order valence-corrected chi connectivity index (χ2v) is 6.60. The second kappa shape index (κ2) is 5.59. The minimum atomic E-state index is -0.118. The van der Waals surface area contributed by atoms with E-state index in [1.165, 1.54) is 11.3 Å². The maximum absolute atomic E-state index is 12.5. The maximum Gasteiger partial charge on any atom is 0.273 e. The van der Waals surface area contributed by atoms with Gasteiger partial charge in [0.2, 0.25) is 0 Å². The van der Waals surface area contributed by atoms with Crippen LogP contribution >= 0.6 is 22.7 Å². The molecule has 1 unspecified atom stereocenters. The van der Waals surface area contributed by atoms with E-state index in [2.05, 4.69) is 9.97 Å². The highest BCUT2D eigenvalue weighted by Crippen LogP contribution is 2.34. The molecule has 0 aliphatic carbocycles. The third-order valence-electron chi connectivity index (χ3n) is 3.34. The fraction of sp³-hybridized carbons (Fsp3) is 0.462. The number of rotatable bonds is 3. The van der Waals surface area contributed by atoms with E-state index in [0.29, 0.717) is 10.7 Å². The third kappa shape index (κ3) is 2.48. The summed E-state index contributed by atoms with van der Waals surface area (Å²) < 4.78 is 0. The predicted molar refractivity (Wildman–Crippen MR) is 77.9 cm³/mol. The van der Waals surface area contributed by atoms with E-state index in [9.17, 15) is 4.79 Å². The first kappa shape index (κ1) is 13.7. The summed E-state index contributed by atoms with van der Waals surface area (Å²) in [6, 6.07) is 0.0699. The lowest BCUT2D eigenvalue weighted by Crippen LogP contribution is -2.30. The average Bonchev–Trinajstić information content (AvgIpc) is 3.17. The van der Waals surface area contributed by atoms with Crippen LogP contribution in [0.4, 0.5) is 0 Å². The van der Waals surface area contributed by atoms with Gasteiger partial charge in [-0.2, -0.15) is 0 Å². The van der Waals surface area contributed by atoms with Crippen molar-refractivity contribution in [3.63, 3.8) is 0 Å². The summed E-state index contributed by atoms with van der Waals surface area (Å²) in [5, 5.41) is 14.4. The van der Waals surface area contributed by atoms with Crippen LogP contribution < -0.4 is 0 Å². The number of aryl methyl sites for hydroxylation is 1. The molecule has 3 rings (SSSR count). The third-order valence-corrected chi connectivity index (χ3v) is 5.24. The van der Waals surface area contributed by atoms with Crippen molar-refractivity contribution < 1.29 is 9.90 Å². The molecule has 5 nitrogen and oxygen atoms in total. The van der Waals surface area contributed by atoms with E-state index < -0.39 is 0 Å². The van der Waals surface area contributed by atoms with Gasteiger partial charge < -0.3 is 10.0 Å². The molecule has 0 saturated carbocycles. The average molecular weight is 309 g/mol. The first-order valence-corrected chi connectivity index (χ1v) is 8.23. The van der Waals surface area contributed by atoms with Crippen LogP contribution in [0, 0.1) is 6.92 Å². The van der Waals surface area contributed by atoms with Crippen molar-refractivity contribution in [1.29, 1.82) is 0 Å². The Hall–Kier alpha value is -1.31. The van der Waals surface area contributed by atoms with E-state index in [-0.39, 0.29) is 18.6 Å². The van der Waals surface area contributed by atoms with Gasteiger partial charge in [0.25, 0.3) is 5.91 Å². The van der Waals surface area contributed by atoms with Crippen LogP contribution in [0.3, 0.4) is 0 Å². The molecule has 7 heteroatoms. The quantitative estimate of drug-likeness (QED) is 0.945. The molecule has 2 aromatic heterocycles. The van der Waals surface area contributed by atoms with Gasteiger partial charge in [-0.25, -0.2) is 9.97 Å². The van der Waals surface area contributed by atoms with E-state index in [1.54, 1.807) is 16.7 Å². The highest BCUT2D eigenvalue weighted by Gasteiger charge is 2.33. The van der Waals surface area contributed by atoms with Crippen molar-refractivity contribution >= 4 is 28.6 Å². The molecule has 106 valence electrons. The zero-order valence-electron chi connectivity index (χ0n) is 11.1. The molecular formula is C13H15N3O2S2. The number of hydrogen-bond donors (Lipinski definition) is 1. The Bertz CT molecular complexity index is 623. The number of likely N-dealkylation sites (tertiary alicyclic amines) is 1. The number of aromatic nitrogens is 2. The predicted octanol–water partition coefficient (Wildman–Crippen LogP) is 2.38. The normalized spacial score (nSPS) is 18.7. The lowest BCUT2D eigenvalue weighted by Gasteiger charge is -2.22. The number of carbonyl (C=O) groups is 1. The van der Waals surface area contributed by atoms with Crippen LogP contribution in [0.1, 0.15) is 45.1 Å². The van der Waals surface area contributed by atoms with Crippen molar-refractivity contribution in [3.05, 3.63) is 32.2 Å². The van der Waals surface area contributed by atoms with Crippen LogP contribution in [0.15, 0.2) is 10.8 Å². The molecule has 0 aromatic carbocycles. The minimum Gasteiger partial charge on any atom is -0.389 e. The maximum atomic E-state index is 12.5. The van der Waals surface area contributed by atoms with Crippen LogP contribution in [-0.2, 0) is 6.61 Å². The molecule has 1 aliphatic rings. The Balaban J connectivity index is 1.83.